The van der Waals surface area contributed by atoms with Crippen molar-refractivity contribution in [1.29, 1.82) is 0 Å². The van der Waals surface area contributed by atoms with Gasteiger partial charge >= 0.3 is 0 Å². The number of aromatic nitrogens is 4. The summed E-state index contributed by atoms with van der Waals surface area (Å²) in [5.41, 5.74) is 9.98. The molecule has 2 aliphatic rings. The summed E-state index contributed by atoms with van der Waals surface area (Å²) >= 11 is 1.61. The largest absolute Gasteiger partial charge is 0.391 e. The van der Waals surface area contributed by atoms with E-state index >= 15 is 0 Å². The molecule has 2 fully saturated rings. The van der Waals surface area contributed by atoms with E-state index in [-0.39, 0.29) is 12.0 Å². The van der Waals surface area contributed by atoms with E-state index in [1.54, 1.807) is 22.4 Å². The smallest absolute Gasteiger partial charge is 0.236 e. The van der Waals surface area contributed by atoms with Crippen LogP contribution in [0.4, 0.5) is 5.82 Å². The Labute approximate surface area is 213 Å². The number of aliphatic hydroxyl groups excluding tert-OH is 1. The second-order valence-electron chi connectivity index (χ2n) is 9.64. The van der Waals surface area contributed by atoms with E-state index in [1.807, 2.05) is 35.1 Å². The predicted octanol–water partition coefficient (Wildman–Crippen LogP) is 3.03. The highest BCUT2D eigenvalue weighted by molar-refractivity contribution is 7.21. The topological polar surface area (TPSA) is 113 Å². The molecule has 3 N–H and O–H groups in total. The van der Waals surface area contributed by atoms with E-state index in [0.717, 1.165) is 57.8 Å². The van der Waals surface area contributed by atoms with Crippen LogP contribution in [-0.4, -0.2) is 79.4 Å². The Morgan fingerprint density at radius 3 is 2.72 bits per heavy atom. The molecule has 0 saturated carbocycles. The number of hydrogen-bond donors (Lipinski definition) is 2. The van der Waals surface area contributed by atoms with Crippen LogP contribution in [0.15, 0.2) is 48.9 Å². The lowest BCUT2D eigenvalue weighted by Crippen LogP contribution is -2.43. The number of anilines is 1. The SMILES string of the molecule is Nc1ncc(-c2cnn(C3CCN(CC(=O)N4CCC(O)C4)CC3)c2)cc1-c1nc2ccccc2s1. The third-order valence-corrected chi connectivity index (χ3v) is 8.25. The molecule has 4 aromatic rings. The number of thiazole rings is 1. The number of carbonyl (C=O) groups is 1. The maximum atomic E-state index is 12.5. The minimum atomic E-state index is -0.373. The van der Waals surface area contributed by atoms with E-state index in [1.165, 1.54) is 0 Å². The number of nitrogens with zero attached hydrogens (tertiary/aromatic N) is 6. The number of para-hydroxylation sites is 1. The third-order valence-electron chi connectivity index (χ3n) is 7.18. The van der Waals surface area contributed by atoms with Gasteiger partial charge in [-0.05, 0) is 37.5 Å². The van der Waals surface area contributed by atoms with Gasteiger partial charge in [0.1, 0.15) is 10.8 Å². The van der Waals surface area contributed by atoms with Crippen LogP contribution in [0.5, 0.6) is 0 Å². The van der Waals surface area contributed by atoms with Gasteiger partial charge < -0.3 is 15.7 Å². The van der Waals surface area contributed by atoms with Crippen molar-refractivity contribution in [3.8, 4) is 21.7 Å². The summed E-state index contributed by atoms with van der Waals surface area (Å²) < 4.78 is 3.16. The van der Waals surface area contributed by atoms with Crippen LogP contribution < -0.4 is 5.73 Å². The molecule has 2 saturated heterocycles. The monoisotopic (exact) mass is 503 g/mol. The van der Waals surface area contributed by atoms with Gasteiger partial charge in [0.25, 0.3) is 0 Å². The van der Waals surface area contributed by atoms with E-state index in [9.17, 15) is 9.90 Å². The Morgan fingerprint density at radius 1 is 1.11 bits per heavy atom. The van der Waals surface area contributed by atoms with E-state index in [0.29, 0.717) is 37.9 Å². The van der Waals surface area contributed by atoms with Crippen molar-refractivity contribution < 1.29 is 9.90 Å². The predicted molar refractivity (Wildman–Crippen MR) is 140 cm³/mol. The average Bonchev–Trinajstić information content (AvgIpc) is 3.64. The van der Waals surface area contributed by atoms with Crippen molar-refractivity contribution in [3.05, 3.63) is 48.9 Å². The number of piperidine rings is 1. The highest BCUT2D eigenvalue weighted by Gasteiger charge is 2.28. The maximum absolute atomic E-state index is 12.5. The lowest BCUT2D eigenvalue weighted by atomic mass is 10.0. The summed E-state index contributed by atoms with van der Waals surface area (Å²) in [5, 5.41) is 15.2. The first-order chi connectivity index (χ1) is 17.5. The van der Waals surface area contributed by atoms with Crippen LogP contribution in [0.2, 0.25) is 0 Å². The average molecular weight is 504 g/mol. The van der Waals surface area contributed by atoms with Crippen LogP contribution in [0.1, 0.15) is 25.3 Å². The first-order valence-electron chi connectivity index (χ1n) is 12.4. The summed E-state index contributed by atoms with van der Waals surface area (Å²) in [6.45, 7) is 3.26. The molecule has 0 radical (unpaired) electrons. The zero-order valence-corrected chi connectivity index (χ0v) is 20.8. The summed E-state index contributed by atoms with van der Waals surface area (Å²) in [5.74, 6) is 0.585. The molecule has 5 heterocycles. The first-order valence-corrected chi connectivity index (χ1v) is 13.2. The molecule has 0 bridgehead atoms. The molecule has 0 aliphatic carbocycles. The van der Waals surface area contributed by atoms with Gasteiger partial charge in [-0.3, -0.25) is 14.4 Å². The van der Waals surface area contributed by atoms with Crippen molar-refractivity contribution in [2.45, 2.75) is 31.4 Å². The normalized spacial score (nSPS) is 19.4. The third kappa shape index (κ3) is 4.59. The van der Waals surface area contributed by atoms with Crippen molar-refractivity contribution in [3.63, 3.8) is 0 Å². The van der Waals surface area contributed by atoms with Gasteiger partial charge in [-0.2, -0.15) is 5.10 Å². The quantitative estimate of drug-likeness (QED) is 0.430. The molecule has 9 nitrogen and oxygen atoms in total. The minimum absolute atomic E-state index is 0.117. The molecule has 1 aromatic carbocycles. The Balaban J connectivity index is 1.12. The van der Waals surface area contributed by atoms with Crippen LogP contribution in [0.25, 0.3) is 31.9 Å². The molecule has 186 valence electrons. The molecule has 3 aromatic heterocycles. The standard InChI is InChI=1S/C26H29N7O2S/c27-25-21(26-30-22-3-1-2-4-23(22)36-26)11-17(12-28-25)18-13-29-33(14-18)19-5-8-31(9-6-19)16-24(35)32-10-7-20(34)15-32/h1-4,11-14,19-20,34H,5-10,15-16H2,(H2,27,28). The van der Waals surface area contributed by atoms with Crippen LogP contribution in [0.3, 0.4) is 0 Å². The minimum Gasteiger partial charge on any atom is -0.391 e. The fourth-order valence-electron chi connectivity index (χ4n) is 5.08. The van der Waals surface area contributed by atoms with Crippen molar-refractivity contribution in [2.24, 2.45) is 0 Å². The summed E-state index contributed by atoms with van der Waals surface area (Å²) in [7, 11) is 0. The lowest BCUT2D eigenvalue weighted by molar-refractivity contribution is -0.132. The number of benzene rings is 1. The van der Waals surface area contributed by atoms with Gasteiger partial charge in [-0.1, -0.05) is 12.1 Å². The van der Waals surface area contributed by atoms with E-state index in [2.05, 4.69) is 27.2 Å². The van der Waals surface area contributed by atoms with Gasteiger partial charge in [-0.15, -0.1) is 11.3 Å². The maximum Gasteiger partial charge on any atom is 0.236 e. The molecular weight excluding hydrogens is 474 g/mol. The van der Waals surface area contributed by atoms with Gasteiger partial charge in [0, 0.05) is 49.7 Å². The molecule has 10 heteroatoms. The zero-order valence-electron chi connectivity index (χ0n) is 20.0. The van der Waals surface area contributed by atoms with E-state index < -0.39 is 0 Å². The van der Waals surface area contributed by atoms with Gasteiger partial charge in [0.05, 0.1) is 40.7 Å². The first kappa shape index (κ1) is 23.1. The lowest BCUT2D eigenvalue weighted by Gasteiger charge is -2.32. The second kappa shape index (κ2) is 9.61. The number of pyridine rings is 1. The highest BCUT2D eigenvalue weighted by Crippen LogP contribution is 2.35. The second-order valence-corrected chi connectivity index (χ2v) is 10.7. The van der Waals surface area contributed by atoms with Crippen molar-refractivity contribution in [2.75, 3.05) is 38.5 Å². The Morgan fingerprint density at radius 2 is 1.94 bits per heavy atom. The number of likely N-dealkylation sites (tertiary alicyclic amines) is 2. The van der Waals surface area contributed by atoms with E-state index in [4.69, 9.17) is 10.7 Å². The summed E-state index contributed by atoms with van der Waals surface area (Å²) in [4.78, 5) is 25.7. The summed E-state index contributed by atoms with van der Waals surface area (Å²) in [6, 6.07) is 10.4. The molecule has 6 rings (SSSR count). The van der Waals surface area contributed by atoms with Gasteiger partial charge in [0.2, 0.25) is 5.91 Å². The highest BCUT2D eigenvalue weighted by atomic mass is 32.1. The molecule has 36 heavy (non-hydrogen) atoms. The van der Waals surface area contributed by atoms with Crippen LogP contribution in [-0.2, 0) is 4.79 Å². The zero-order chi connectivity index (χ0) is 24.6. The molecule has 0 spiro atoms. The molecule has 1 amide bonds. The fourth-order valence-corrected chi connectivity index (χ4v) is 6.07. The number of β-amino-alcohol motifs (C(OH)–C–C–N with tert-alkyl or cyclic N) is 1. The molecule has 2 aliphatic heterocycles. The Bertz CT molecular complexity index is 1360. The number of nitrogen functional groups attached to an aromatic ring is 1. The summed E-state index contributed by atoms with van der Waals surface area (Å²) in [6.07, 6.45) is 7.93. The number of aliphatic hydroxyl groups is 1. The van der Waals surface area contributed by atoms with Crippen LogP contribution in [0, 0.1) is 0 Å². The molecule has 1 unspecified atom stereocenters. The Hall–Kier alpha value is -3.34. The molecular formula is C26H29N7O2S. The number of amides is 1. The number of carbonyl (C=O) groups excluding carboxylic acids is 1. The Kier molecular flexibility index (Phi) is 6.16. The fraction of sp³-hybridized carbons (Fsp3) is 0.385. The number of rotatable bonds is 5. The molecule has 1 atom stereocenters. The van der Waals surface area contributed by atoms with Crippen molar-refractivity contribution in [1.82, 2.24) is 29.5 Å². The van der Waals surface area contributed by atoms with Gasteiger partial charge in [0.15, 0.2) is 0 Å². The number of fused-ring (bicyclic) bond motifs is 1. The van der Waals surface area contributed by atoms with Gasteiger partial charge in [-0.25, -0.2) is 9.97 Å². The number of hydrogen-bond acceptors (Lipinski definition) is 8. The van der Waals surface area contributed by atoms with Crippen LogP contribution >= 0.6 is 11.3 Å². The number of nitrogens with two attached hydrogens (primary N) is 1. The van der Waals surface area contributed by atoms with Crippen molar-refractivity contribution >= 4 is 33.3 Å².